The van der Waals surface area contributed by atoms with Crippen LogP contribution >= 0.6 is 8.58 Å². The summed E-state index contributed by atoms with van der Waals surface area (Å²) in [6.07, 6.45) is -0.809. The SMILES string of the molecule is CCOC(C)Oc1ccc(PC(=O)c2c(C)cc(C)cc2C)c(OC(C)OCC)c1.[LiH]. The van der Waals surface area contributed by atoms with E-state index in [-0.39, 0.29) is 39.3 Å². The molecule has 3 atom stereocenters. The monoisotopic (exact) mass is 440 g/mol. The second kappa shape index (κ2) is 13.3. The molecule has 0 saturated heterocycles. The molecule has 0 aliphatic carbocycles. The first-order valence-electron chi connectivity index (χ1n) is 10.3. The summed E-state index contributed by atoms with van der Waals surface area (Å²) < 4.78 is 22.8. The van der Waals surface area contributed by atoms with Gasteiger partial charge in [-0.3, -0.25) is 4.79 Å². The van der Waals surface area contributed by atoms with Crippen LogP contribution < -0.4 is 14.8 Å². The van der Waals surface area contributed by atoms with Gasteiger partial charge in [-0.05, 0) is 80.3 Å². The van der Waals surface area contributed by atoms with Gasteiger partial charge in [-0.15, -0.1) is 0 Å². The molecule has 0 aliphatic rings. The fraction of sp³-hybridized carbons (Fsp3) is 0.458. The summed E-state index contributed by atoms with van der Waals surface area (Å²) in [4.78, 5) is 13.2. The van der Waals surface area contributed by atoms with Crippen LogP contribution in [0.15, 0.2) is 30.3 Å². The van der Waals surface area contributed by atoms with E-state index in [0.717, 1.165) is 27.6 Å². The summed E-state index contributed by atoms with van der Waals surface area (Å²) in [5, 5.41) is 0.822. The number of aryl methyl sites for hydroxylation is 3. The van der Waals surface area contributed by atoms with E-state index in [1.807, 2.05) is 72.7 Å². The molecule has 0 N–H and O–H groups in total. The van der Waals surface area contributed by atoms with E-state index >= 15 is 0 Å². The van der Waals surface area contributed by atoms with Crippen molar-refractivity contribution >= 4 is 38.3 Å². The molecule has 0 spiro atoms. The molecule has 0 bridgehead atoms. The maximum absolute atomic E-state index is 13.2. The van der Waals surface area contributed by atoms with Crippen molar-refractivity contribution in [3.05, 3.63) is 52.6 Å². The molecule has 3 unspecified atom stereocenters. The van der Waals surface area contributed by atoms with E-state index in [4.69, 9.17) is 18.9 Å². The van der Waals surface area contributed by atoms with Crippen molar-refractivity contribution in [1.29, 1.82) is 0 Å². The zero-order chi connectivity index (χ0) is 22.3. The minimum atomic E-state index is -0.434. The van der Waals surface area contributed by atoms with E-state index in [9.17, 15) is 4.79 Å². The van der Waals surface area contributed by atoms with Crippen molar-refractivity contribution in [3.63, 3.8) is 0 Å². The Morgan fingerprint density at radius 3 is 2.00 bits per heavy atom. The fourth-order valence-corrected chi connectivity index (χ4v) is 4.59. The number of carbonyl (C=O) groups excluding carboxylic acids is 1. The van der Waals surface area contributed by atoms with Crippen LogP contribution in [0, 0.1) is 20.8 Å². The molecule has 0 saturated carbocycles. The van der Waals surface area contributed by atoms with Gasteiger partial charge < -0.3 is 18.9 Å². The van der Waals surface area contributed by atoms with Crippen LogP contribution in [-0.2, 0) is 9.47 Å². The normalized spacial score (nSPS) is 13.0. The summed E-state index contributed by atoms with van der Waals surface area (Å²) in [5.41, 5.74) is 4.04. The van der Waals surface area contributed by atoms with E-state index in [2.05, 4.69) is 0 Å². The Bertz CT molecular complexity index is 848. The third-order valence-corrected chi connectivity index (χ3v) is 5.66. The van der Waals surface area contributed by atoms with E-state index in [1.165, 1.54) is 0 Å². The summed E-state index contributed by atoms with van der Waals surface area (Å²) in [6, 6.07) is 9.63. The molecule has 0 aromatic heterocycles. The average molecular weight is 440 g/mol. The minimum absolute atomic E-state index is 0. The summed E-state index contributed by atoms with van der Waals surface area (Å²) in [5.74, 6) is 1.21. The number of benzene rings is 2. The molecule has 0 aliphatic heterocycles. The van der Waals surface area contributed by atoms with Crippen molar-refractivity contribution in [1.82, 2.24) is 0 Å². The number of ether oxygens (including phenoxy) is 4. The van der Waals surface area contributed by atoms with Gasteiger partial charge >= 0.3 is 18.9 Å². The van der Waals surface area contributed by atoms with Crippen LogP contribution in [0.1, 0.15) is 54.7 Å². The zero-order valence-corrected chi connectivity index (χ0v) is 20.0. The van der Waals surface area contributed by atoms with Crippen LogP contribution in [0.2, 0.25) is 0 Å². The molecule has 0 fully saturated rings. The zero-order valence-electron chi connectivity index (χ0n) is 19.0. The molecule has 166 valence electrons. The Labute approximate surface area is 200 Å². The van der Waals surface area contributed by atoms with Gasteiger partial charge in [0.2, 0.25) is 0 Å². The number of rotatable bonds is 11. The number of carbonyl (C=O) groups is 1. The Hall–Kier alpha value is -1.34. The molecule has 31 heavy (non-hydrogen) atoms. The topological polar surface area (TPSA) is 54.0 Å². The van der Waals surface area contributed by atoms with Crippen molar-refractivity contribution in [2.75, 3.05) is 13.2 Å². The van der Waals surface area contributed by atoms with Crippen molar-refractivity contribution in [2.24, 2.45) is 0 Å². The molecule has 7 heteroatoms. The van der Waals surface area contributed by atoms with Crippen molar-refractivity contribution in [2.45, 2.75) is 61.0 Å². The second-order valence-electron chi connectivity index (χ2n) is 7.17. The van der Waals surface area contributed by atoms with E-state index < -0.39 is 6.29 Å². The maximum atomic E-state index is 13.2. The van der Waals surface area contributed by atoms with Gasteiger partial charge in [0.25, 0.3) is 0 Å². The van der Waals surface area contributed by atoms with Gasteiger partial charge in [0.05, 0.1) is 0 Å². The molecular formula is C24H34LiO5P. The second-order valence-corrected chi connectivity index (χ2v) is 8.41. The molecule has 2 rings (SSSR count). The van der Waals surface area contributed by atoms with E-state index in [0.29, 0.717) is 24.7 Å². The fourth-order valence-electron chi connectivity index (χ4n) is 3.41. The van der Waals surface area contributed by atoms with Gasteiger partial charge in [0.1, 0.15) is 11.5 Å². The third-order valence-electron chi connectivity index (χ3n) is 4.50. The molecule has 0 amide bonds. The van der Waals surface area contributed by atoms with Gasteiger partial charge in [0, 0.05) is 30.1 Å². The van der Waals surface area contributed by atoms with E-state index in [1.54, 1.807) is 6.07 Å². The number of hydrogen-bond acceptors (Lipinski definition) is 5. The van der Waals surface area contributed by atoms with Crippen LogP contribution in [0.25, 0.3) is 0 Å². The summed E-state index contributed by atoms with van der Waals surface area (Å²) in [6.45, 7) is 14.6. The van der Waals surface area contributed by atoms with Crippen LogP contribution in [0.5, 0.6) is 11.5 Å². The Morgan fingerprint density at radius 2 is 1.45 bits per heavy atom. The standard InChI is InChI=1S/C24H33O5P.Li.H/c1-8-26-18(6)28-20-10-11-22(21(14-20)29-19(7)27-9-2)30-24(25)23-16(4)12-15(3)13-17(23)5;;/h10-14,18-19,30H,8-9H2,1-7H3;;. The Morgan fingerprint density at radius 1 is 0.903 bits per heavy atom. The molecule has 2 aromatic carbocycles. The average Bonchev–Trinajstić information content (AvgIpc) is 2.63. The van der Waals surface area contributed by atoms with Crippen LogP contribution in [0.3, 0.4) is 0 Å². The van der Waals surface area contributed by atoms with Gasteiger partial charge in [0.15, 0.2) is 18.1 Å². The predicted molar refractivity (Wildman–Crippen MR) is 130 cm³/mol. The van der Waals surface area contributed by atoms with Crippen molar-refractivity contribution < 1.29 is 23.7 Å². The Balaban J connectivity index is 0.00000480. The molecular weight excluding hydrogens is 406 g/mol. The molecule has 0 heterocycles. The summed E-state index contributed by atoms with van der Waals surface area (Å²) >= 11 is 0. The number of hydrogen-bond donors (Lipinski definition) is 0. The van der Waals surface area contributed by atoms with Crippen LogP contribution in [0.4, 0.5) is 0 Å². The Kier molecular flexibility index (Phi) is 11.8. The molecule has 0 radical (unpaired) electrons. The third kappa shape index (κ3) is 8.26. The predicted octanol–water partition coefficient (Wildman–Crippen LogP) is 4.63. The molecule has 2 aromatic rings. The molecule has 5 nitrogen and oxygen atoms in total. The van der Waals surface area contributed by atoms with Crippen molar-refractivity contribution in [3.8, 4) is 11.5 Å². The van der Waals surface area contributed by atoms with Gasteiger partial charge in [-0.25, -0.2) is 0 Å². The van der Waals surface area contributed by atoms with Crippen LogP contribution in [-0.4, -0.2) is 50.2 Å². The first kappa shape index (κ1) is 27.7. The quantitative estimate of drug-likeness (QED) is 0.290. The van der Waals surface area contributed by atoms with Gasteiger partial charge in [-0.2, -0.15) is 0 Å². The first-order chi connectivity index (χ1) is 14.2. The first-order valence-corrected chi connectivity index (χ1v) is 11.3. The van der Waals surface area contributed by atoms with Gasteiger partial charge in [-0.1, -0.05) is 17.7 Å². The summed E-state index contributed by atoms with van der Waals surface area (Å²) in [7, 11) is -0.0680.